The van der Waals surface area contributed by atoms with Crippen LogP contribution in [0.4, 0.5) is 0 Å². The maximum absolute atomic E-state index is 12.1. The van der Waals surface area contributed by atoms with Gasteiger partial charge in [-0.1, -0.05) is 54.6 Å². The fourth-order valence-electron chi connectivity index (χ4n) is 3.77. The van der Waals surface area contributed by atoms with Gasteiger partial charge >= 0.3 is 0 Å². The maximum atomic E-state index is 12.1. The number of likely N-dealkylation sites (tertiary alicyclic amines) is 1. The molecule has 1 aliphatic rings. The number of nitrogens with one attached hydrogen (secondary N) is 2. The largest absolute Gasteiger partial charge is 0.484 e. The van der Waals surface area contributed by atoms with E-state index >= 15 is 0 Å². The first-order valence-corrected chi connectivity index (χ1v) is 10.1. The Morgan fingerprint density at radius 1 is 0.893 bits per heavy atom. The van der Waals surface area contributed by atoms with Gasteiger partial charge in [-0.15, -0.1) is 0 Å². The molecule has 1 amide bonds. The van der Waals surface area contributed by atoms with E-state index in [2.05, 4.69) is 35.6 Å². The minimum Gasteiger partial charge on any atom is -0.484 e. The Labute approximate surface area is 166 Å². The van der Waals surface area contributed by atoms with Crippen LogP contribution in [0.15, 0.2) is 66.7 Å². The summed E-state index contributed by atoms with van der Waals surface area (Å²) in [7, 11) is 0. The Balaban J connectivity index is 1.23. The van der Waals surface area contributed by atoms with E-state index in [0.29, 0.717) is 12.3 Å². The molecule has 0 atom stereocenters. The molecule has 3 aromatic rings. The van der Waals surface area contributed by atoms with Crippen LogP contribution < -0.4 is 15.0 Å². The standard InChI is InChI=1S/C24H26N2O2/c27-24(18-28-23-12-11-21-5-1-2-6-22(21)15-23)25-16-19-7-9-20(10-8-19)17-26-13-3-4-14-26/h1-2,5-12,15H,3-4,13-14,16-18H2,(H,25,27)/p+1. The fraction of sp³-hybridized carbons (Fsp3) is 0.292. The average Bonchev–Trinajstić information content (AvgIpc) is 3.24. The van der Waals surface area contributed by atoms with Crippen LogP contribution >= 0.6 is 0 Å². The predicted molar refractivity (Wildman–Crippen MR) is 111 cm³/mol. The highest BCUT2D eigenvalue weighted by atomic mass is 16.5. The highest BCUT2D eigenvalue weighted by Gasteiger charge is 2.15. The number of amides is 1. The summed E-state index contributed by atoms with van der Waals surface area (Å²) in [5, 5.41) is 5.20. The van der Waals surface area contributed by atoms with E-state index in [0.717, 1.165) is 22.9 Å². The van der Waals surface area contributed by atoms with Gasteiger partial charge in [-0.3, -0.25) is 4.79 Å². The highest BCUT2D eigenvalue weighted by molar-refractivity contribution is 5.84. The molecule has 0 bridgehead atoms. The number of carbonyl (C=O) groups is 1. The lowest BCUT2D eigenvalue weighted by atomic mass is 10.1. The van der Waals surface area contributed by atoms with Crippen LogP contribution in [-0.4, -0.2) is 25.6 Å². The van der Waals surface area contributed by atoms with Crippen LogP contribution in [0.25, 0.3) is 10.8 Å². The fourth-order valence-corrected chi connectivity index (χ4v) is 3.77. The van der Waals surface area contributed by atoms with Crippen molar-refractivity contribution in [2.24, 2.45) is 0 Å². The van der Waals surface area contributed by atoms with Gasteiger partial charge in [0.15, 0.2) is 6.61 Å². The van der Waals surface area contributed by atoms with Crippen LogP contribution in [0.1, 0.15) is 24.0 Å². The van der Waals surface area contributed by atoms with Gasteiger partial charge < -0.3 is 15.0 Å². The first-order valence-electron chi connectivity index (χ1n) is 10.1. The Morgan fingerprint density at radius 3 is 2.39 bits per heavy atom. The summed E-state index contributed by atoms with van der Waals surface area (Å²) in [5.41, 5.74) is 2.48. The minimum absolute atomic E-state index is 0.0226. The van der Waals surface area contributed by atoms with E-state index in [9.17, 15) is 4.79 Å². The Kier molecular flexibility index (Phi) is 5.88. The third-order valence-corrected chi connectivity index (χ3v) is 5.37. The topological polar surface area (TPSA) is 42.8 Å². The van der Waals surface area contributed by atoms with E-state index < -0.39 is 0 Å². The zero-order valence-electron chi connectivity index (χ0n) is 16.1. The molecular formula is C24H27N2O2+. The van der Waals surface area contributed by atoms with Crippen molar-refractivity contribution in [2.45, 2.75) is 25.9 Å². The molecular weight excluding hydrogens is 348 g/mol. The van der Waals surface area contributed by atoms with Gasteiger partial charge in [0.2, 0.25) is 0 Å². The van der Waals surface area contributed by atoms with Crippen molar-refractivity contribution >= 4 is 16.7 Å². The molecule has 1 heterocycles. The zero-order valence-corrected chi connectivity index (χ0v) is 16.1. The van der Waals surface area contributed by atoms with Crippen molar-refractivity contribution in [3.63, 3.8) is 0 Å². The van der Waals surface area contributed by atoms with Crippen molar-refractivity contribution in [2.75, 3.05) is 19.7 Å². The lowest BCUT2D eigenvalue weighted by molar-refractivity contribution is -0.901. The van der Waals surface area contributed by atoms with E-state index in [4.69, 9.17) is 4.74 Å². The smallest absolute Gasteiger partial charge is 0.258 e. The quantitative estimate of drug-likeness (QED) is 0.667. The highest BCUT2D eigenvalue weighted by Crippen LogP contribution is 2.20. The molecule has 1 saturated heterocycles. The van der Waals surface area contributed by atoms with Gasteiger partial charge in [0, 0.05) is 24.9 Å². The lowest BCUT2D eigenvalue weighted by Gasteiger charge is -2.12. The molecule has 1 aliphatic heterocycles. The maximum Gasteiger partial charge on any atom is 0.258 e. The molecule has 1 fully saturated rings. The zero-order chi connectivity index (χ0) is 19.2. The van der Waals surface area contributed by atoms with Crippen LogP contribution in [0, 0.1) is 0 Å². The Bertz CT molecular complexity index is 931. The summed E-state index contributed by atoms with van der Waals surface area (Å²) >= 11 is 0. The number of benzene rings is 3. The molecule has 0 radical (unpaired) electrons. The van der Waals surface area contributed by atoms with Gasteiger partial charge in [-0.25, -0.2) is 0 Å². The number of fused-ring (bicyclic) bond motifs is 1. The third kappa shape index (κ3) is 4.90. The van der Waals surface area contributed by atoms with E-state index in [1.165, 1.54) is 31.5 Å². The first-order chi connectivity index (χ1) is 13.8. The number of quaternary nitrogens is 1. The summed E-state index contributed by atoms with van der Waals surface area (Å²) in [6.45, 7) is 4.22. The molecule has 4 heteroatoms. The minimum atomic E-state index is -0.112. The van der Waals surface area contributed by atoms with Crippen LogP contribution in [0.2, 0.25) is 0 Å². The van der Waals surface area contributed by atoms with E-state index in [1.54, 1.807) is 4.90 Å². The number of hydrogen-bond acceptors (Lipinski definition) is 2. The molecule has 28 heavy (non-hydrogen) atoms. The number of carbonyl (C=O) groups excluding carboxylic acids is 1. The normalized spacial score (nSPS) is 14.3. The summed E-state index contributed by atoms with van der Waals surface area (Å²) in [5.74, 6) is 0.598. The monoisotopic (exact) mass is 375 g/mol. The van der Waals surface area contributed by atoms with Crippen LogP contribution in [0.5, 0.6) is 5.75 Å². The molecule has 0 saturated carbocycles. The van der Waals surface area contributed by atoms with E-state index in [-0.39, 0.29) is 12.5 Å². The summed E-state index contributed by atoms with van der Waals surface area (Å²) < 4.78 is 5.64. The second kappa shape index (κ2) is 8.89. The van der Waals surface area contributed by atoms with Crippen LogP contribution in [-0.2, 0) is 17.9 Å². The molecule has 0 spiro atoms. The summed E-state index contributed by atoms with van der Waals surface area (Å²) in [6.07, 6.45) is 2.70. The molecule has 0 aliphatic carbocycles. The van der Waals surface area contributed by atoms with Crippen molar-refractivity contribution in [3.05, 3.63) is 77.9 Å². The van der Waals surface area contributed by atoms with Crippen LogP contribution in [0.3, 0.4) is 0 Å². The number of hydrogen-bond donors (Lipinski definition) is 2. The molecule has 2 N–H and O–H groups in total. The molecule has 4 nitrogen and oxygen atoms in total. The van der Waals surface area contributed by atoms with Gasteiger partial charge in [-0.05, 0) is 28.5 Å². The predicted octanol–water partition coefficient (Wildman–Crippen LogP) is 2.71. The van der Waals surface area contributed by atoms with Crippen molar-refractivity contribution < 1.29 is 14.4 Å². The average molecular weight is 375 g/mol. The SMILES string of the molecule is O=C(COc1ccc2ccccc2c1)NCc1ccc(C[NH+]2CCCC2)cc1. The summed E-state index contributed by atoms with van der Waals surface area (Å²) in [4.78, 5) is 13.8. The van der Waals surface area contributed by atoms with Gasteiger partial charge in [0.25, 0.3) is 5.91 Å². The van der Waals surface area contributed by atoms with Gasteiger partial charge in [0.1, 0.15) is 12.3 Å². The second-order valence-electron chi connectivity index (χ2n) is 7.52. The molecule has 0 aromatic heterocycles. The van der Waals surface area contributed by atoms with Crippen molar-refractivity contribution in [3.8, 4) is 5.75 Å². The van der Waals surface area contributed by atoms with Gasteiger partial charge in [-0.2, -0.15) is 0 Å². The third-order valence-electron chi connectivity index (χ3n) is 5.37. The van der Waals surface area contributed by atoms with E-state index in [1.807, 2.05) is 36.4 Å². The lowest BCUT2D eigenvalue weighted by Crippen LogP contribution is -3.08. The molecule has 3 aromatic carbocycles. The van der Waals surface area contributed by atoms with Gasteiger partial charge in [0.05, 0.1) is 13.1 Å². The molecule has 4 rings (SSSR count). The summed E-state index contributed by atoms with van der Waals surface area (Å²) in [6, 6.07) is 22.5. The Hall–Kier alpha value is -2.85. The number of rotatable bonds is 7. The molecule has 0 unspecified atom stereocenters. The molecule has 144 valence electrons. The first kappa shape index (κ1) is 18.5. The number of ether oxygens (including phenoxy) is 1. The van der Waals surface area contributed by atoms with Crippen molar-refractivity contribution in [1.82, 2.24) is 5.32 Å². The van der Waals surface area contributed by atoms with Crippen molar-refractivity contribution in [1.29, 1.82) is 0 Å². The second-order valence-corrected chi connectivity index (χ2v) is 7.52. The Morgan fingerprint density at radius 2 is 1.61 bits per heavy atom.